The summed E-state index contributed by atoms with van der Waals surface area (Å²) in [4.78, 5) is 9.25. The molecule has 1 aliphatic carbocycles. The lowest BCUT2D eigenvalue weighted by Crippen LogP contribution is -2.06. The lowest BCUT2D eigenvalue weighted by atomic mass is 10.1. The highest BCUT2D eigenvalue weighted by Gasteiger charge is 2.22. The number of fused-ring (bicyclic) bond motifs is 1. The Kier molecular flexibility index (Phi) is 4.33. The summed E-state index contributed by atoms with van der Waals surface area (Å²) in [6.45, 7) is 0. The van der Waals surface area contributed by atoms with Crippen molar-refractivity contribution < 1.29 is 9.47 Å². The van der Waals surface area contributed by atoms with Gasteiger partial charge in [-0.1, -0.05) is 12.8 Å². The van der Waals surface area contributed by atoms with E-state index >= 15 is 0 Å². The molecule has 1 aliphatic rings. The third-order valence-electron chi connectivity index (χ3n) is 4.87. The van der Waals surface area contributed by atoms with E-state index in [1.807, 2.05) is 24.6 Å². The summed E-state index contributed by atoms with van der Waals surface area (Å²) in [7, 11) is 3.36. The largest absolute Gasteiger partial charge is 0.496 e. The number of nitrogens with one attached hydrogen (secondary N) is 1. The molecule has 0 saturated heterocycles. The van der Waals surface area contributed by atoms with Crippen molar-refractivity contribution in [2.45, 2.75) is 36.6 Å². The molecule has 0 bridgehead atoms. The molecule has 1 N–H and O–H groups in total. The van der Waals surface area contributed by atoms with Crippen molar-refractivity contribution in [1.29, 1.82) is 0 Å². The van der Waals surface area contributed by atoms with Crippen LogP contribution in [0.1, 0.15) is 31.7 Å². The minimum absolute atomic E-state index is 0.462. The molecule has 0 unspecified atom stereocenters. The standard InChI is InChI=1S/C18H22N4O2S/c1-23-14-9-16(25-3)15(24-2)8-12(14)17-20-13-10-19-22(18(13)21-17)11-6-4-5-7-11/h8-11H,4-7H2,1-3H3,(H,20,21). The van der Waals surface area contributed by atoms with Crippen LogP contribution in [0.25, 0.3) is 22.6 Å². The Morgan fingerprint density at radius 1 is 1.16 bits per heavy atom. The first kappa shape index (κ1) is 16.3. The summed E-state index contributed by atoms with van der Waals surface area (Å²) in [5.41, 5.74) is 2.76. The van der Waals surface area contributed by atoms with Gasteiger partial charge in [0.1, 0.15) is 22.8 Å². The van der Waals surface area contributed by atoms with E-state index in [1.165, 1.54) is 25.7 Å². The number of benzene rings is 1. The van der Waals surface area contributed by atoms with E-state index in [0.717, 1.165) is 38.9 Å². The Bertz CT molecular complexity index is 896. The predicted molar refractivity (Wildman–Crippen MR) is 99.7 cm³/mol. The van der Waals surface area contributed by atoms with Gasteiger partial charge in [-0.25, -0.2) is 9.67 Å². The Morgan fingerprint density at radius 2 is 1.92 bits per heavy atom. The number of rotatable bonds is 5. The first-order valence-corrected chi connectivity index (χ1v) is 9.71. The van der Waals surface area contributed by atoms with Crippen molar-refractivity contribution in [1.82, 2.24) is 19.7 Å². The number of hydrogen-bond donors (Lipinski definition) is 1. The number of imidazole rings is 1. The van der Waals surface area contributed by atoms with Crippen LogP contribution in [-0.4, -0.2) is 40.2 Å². The van der Waals surface area contributed by atoms with Gasteiger partial charge >= 0.3 is 0 Å². The average molecular weight is 358 g/mol. The number of aromatic amines is 1. The molecule has 1 aromatic carbocycles. The monoisotopic (exact) mass is 358 g/mol. The maximum atomic E-state index is 5.59. The molecule has 132 valence electrons. The Labute approximate surface area is 150 Å². The molecule has 2 heterocycles. The lowest BCUT2D eigenvalue weighted by molar-refractivity contribution is 0.395. The molecular weight excluding hydrogens is 336 g/mol. The van der Waals surface area contributed by atoms with Gasteiger partial charge in [-0.05, 0) is 31.2 Å². The summed E-state index contributed by atoms with van der Waals surface area (Å²) >= 11 is 1.63. The number of methoxy groups -OCH3 is 2. The highest BCUT2D eigenvalue weighted by Crippen LogP contribution is 2.39. The third-order valence-corrected chi connectivity index (χ3v) is 5.63. The van der Waals surface area contributed by atoms with Crippen molar-refractivity contribution in [2.75, 3.05) is 20.5 Å². The van der Waals surface area contributed by atoms with Gasteiger partial charge in [-0.3, -0.25) is 0 Å². The van der Waals surface area contributed by atoms with Gasteiger partial charge in [0.15, 0.2) is 5.65 Å². The number of H-pyrrole nitrogens is 1. The van der Waals surface area contributed by atoms with Crippen LogP contribution < -0.4 is 9.47 Å². The van der Waals surface area contributed by atoms with E-state index in [2.05, 4.69) is 14.8 Å². The van der Waals surface area contributed by atoms with E-state index in [0.29, 0.717) is 6.04 Å². The summed E-state index contributed by atoms with van der Waals surface area (Å²) in [5.74, 6) is 2.38. The second-order valence-electron chi connectivity index (χ2n) is 6.26. The fourth-order valence-corrected chi connectivity index (χ4v) is 4.14. The zero-order valence-corrected chi connectivity index (χ0v) is 15.5. The molecule has 0 spiro atoms. The average Bonchev–Trinajstić information content (AvgIpc) is 3.36. The van der Waals surface area contributed by atoms with Crippen molar-refractivity contribution in [3.8, 4) is 22.9 Å². The summed E-state index contributed by atoms with van der Waals surface area (Å²) in [6, 6.07) is 4.44. The fraction of sp³-hybridized carbons (Fsp3) is 0.444. The molecule has 0 radical (unpaired) electrons. The highest BCUT2D eigenvalue weighted by atomic mass is 32.2. The van der Waals surface area contributed by atoms with Gasteiger partial charge in [0.2, 0.25) is 0 Å². The van der Waals surface area contributed by atoms with Crippen LogP contribution in [-0.2, 0) is 0 Å². The maximum absolute atomic E-state index is 5.59. The van der Waals surface area contributed by atoms with Crippen LogP contribution in [0.5, 0.6) is 11.5 Å². The Balaban J connectivity index is 1.81. The minimum Gasteiger partial charge on any atom is -0.496 e. The second kappa shape index (κ2) is 6.63. The van der Waals surface area contributed by atoms with Crippen molar-refractivity contribution in [3.63, 3.8) is 0 Å². The molecule has 25 heavy (non-hydrogen) atoms. The molecule has 4 rings (SSSR count). The van der Waals surface area contributed by atoms with Crippen LogP contribution in [0, 0.1) is 0 Å². The number of nitrogens with zero attached hydrogens (tertiary/aromatic N) is 3. The van der Waals surface area contributed by atoms with Crippen LogP contribution >= 0.6 is 11.8 Å². The first-order valence-electron chi connectivity index (χ1n) is 8.48. The zero-order chi connectivity index (χ0) is 17.4. The minimum atomic E-state index is 0.462. The smallest absolute Gasteiger partial charge is 0.177 e. The van der Waals surface area contributed by atoms with E-state index in [9.17, 15) is 0 Å². The quantitative estimate of drug-likeness (QED) is 0.690. The molecule has 6 nitrogen and oxygen atoms in total. The van der Waals surface area contributed by atoms with E-state index in [4.69, 9.17) is 14.5 Å². The zero-order valence-electron chi connectivity index (χ0n) is 14.7. The summed E-state index contributed by atoms with van der Waals surface area (Å²) in [6.07, 6.45) is 8.78. The third kappa shape index (κ3) is 2.76. The Morgan fingerprint density at radius 3 is 2.60 bits per heavy atom. The lowest BCUT2D eigenvalue weighted by Gasteiger charge is -2.12. The molecule has 1 fully saturated rings. The van der Waals surface area contributed by atoms with Gasteiger partial charge in [-0.15, -0.1) is 11.8 Å². The Hall–Kier alpha value is -2.15. The van der Waals surface area contributed by atoms with Crippen LogP contribution in [0.15, 0.2) is 23.2 Å². The molecule has 0 aliphatic heterocycles. The fourth-order valence-electron chi connectivity index (χ4n) is 3.57. The SMILES string of the molecule is COc1cc(-c2nc3c(cnn3C3CCCC3)[nH]2)c(OC)cc1SC. The van der Waals surface area contributed by atoms with Crippen molar-refractivity contribution >= 4 is 22.9 Å². The summed E-state index contributed by atoms with van der Waals surface area (Å²) in [5, 5.41) is 4.54. The molecule has 3 aromatic rings. The van der Waals surface area contributed by atoms with Gasteiger partial charge < -0.3 is 14.5 Å². The van der Waals surface area contributed by atoms with Gasteiger partial charge in [0.05, 0.1) is 36.9 Å². The highest BCUT2D eigenvalue weighted by molar-refractivity contribution is 7.98. The van der Waals surface area contributed by atoms with Gasteiger partial charge in [-0.2, -0.15) is 5.10 Å². The van der Waals surface area contributed by atoms with Gasteiger partial charge in [0, 0.05) is 0 Å². The van der Waals surface area contributed by atoms with Crippen LogP contribution in [0.4, 0.5) is 0 Å². The predicted octanol–water partition coefficient (Wildman–Crippen LogP) is 4.28. The van der Waals surface area contributed by atoms with E-state index < -0.39 is 0 Å². The van der Waals surface area contributed by atoms with E-state index in [1.54, 1.807) is 26.0 Å². The summed E-state index contributed by atoms with van der Waals surface area (Å²) < 4.78 is 13.2. The molecule has 7 heteroatoms. The van der Waals surface area contributed by atoms with E-state index in [-0.39, 0.29) is 0 Å². The molecular formula is C18H22N4O2S. The first-order chi connectivity index (χ1) is 12.2. The van der Waals surface area contributed by atoms with Crippen molar-refractivity contribution in [3.05, 3.63) is 18.3 Å². The number of hydrogen-bond acceptors (Lipinski definition) is 5. The molecule has 0 atom stereocenters. The van der Waals surface area contributed by atoms with Crippen LogP contribution in [0.3, 0.4) is 0 Å². The number of aromatic nitrogens is 4. The number of ether oxygens (including phenoxy) is 2. The van der Waals surface area contributed by atoms with Crippen molar-refractivity contribution in [2.24, 2.45) is 0 Å². The van der Waals surface area contributed by atoms with Gasteiger partial charge in [0.25, 0.3) is 0 Å². The molecule has 2 aromatic heterocycles. The molecule has 1 saturated carbocycles. The maximum Gasteiger partial charge on any atom is 0.177 e. The number of thioether (sulfide) groups is 1. The topological polar surface area (TPSA) is 65.0 Å². The van der Waals surface area contributed by atoms with Crippen LogP contribution in [0.2, 0.25) is 0 Å². The molecule has 0 amide bonds. The normalized spacial score (nSPS) is 15.2. The second-order valence-corrected chi connectivity index (χ2v) is 7.11.